The molecule has 21 heavy (non-hydrogen) atoms. The van der Waals surface area contributed by atoms with Crippen molar-refractivity contribution in [2.45, 2.75) is 58.0 Å². The second-order valence-electron chi connectivity index (χ2n) is 5.93. The fourth-order valence-corrected chi connectivity index (χ4v) is 2.90. The Morgan fingerprint density at radius 1 is 1.14 bits per heavy atom. The molecule has 1 heterocycles. The number of rotatable bonds is 9. The summed E-state index contributed by atoms with van der Waals surface area (Å²) in [5.74, 6) is 0. The van der Waals surface area contributed by atoms with Crippen molar-refractivity contribution in [1.82, 2.24) is 4.57 Å². The molecule has 3 nitrogen and oxygen atoms in total. The molecule has 0 unspecified atom stereocenters. The maximum Gasteiger partial charge on any atom is 0.0585 e. The second-order valence-corrected chi connectivity index (χ2v) is 5.93. The number of nitrogens with two attached hydrogens (primary N) is 1. The van der Waals surface area contributed by atoms with E-state index in [4.69, 9.17) is 10.8 Å². The lowest BCUT2D eigenvalue weighted by Gasteiger charge is -2.06. The van der Waals surface area contributed by atoms with E-state index in [1.165, 1.54) is 48.6 Å². The van der Waals surface area contributed by atoms with E-state index in [-0.39, 0.29) is 12.6 Å². The van der Waals surface area contributed by atoms with E-state index in [2.05, 4.69) is 42.0 Å². The lowest BCUT2D eigenvalue weighted by atomic mass is 10.1. The minimum atomic E-state index is -0.172. The summed E-state index contributed by atoms with van der Waals surface area (Å²) in [4.78, 5) is 0. The summed E-state index contributed by atoms with van der Waals surface area (Å²) in [6, 6.07) is 8.32. The first-order valence-corrected chi connectivity index (χ1v) is 8.19. The van der Waals surface area contributed by atoms with E-state index in [9.17, 15) is 0 Å². The van der Waals surface area contributed by atoms with Gasteiger partial charge in [-0.1, -0.05) is 50.8 Å². The van der Waals surface area contributed by atoms with Crippen LogP contribution in [-0.4, -0.2) is 22.3 Å². The smallest absolute Gasteiger partial charge is 0.0585 e. The normalized spacial score (nSPS) is 12.9. The topological polar surface area (TPSA) is 51.2 Å². The Hall–Kier alpha value is -1.32. The first-order chi connectivity index (χ1) is 10.3. The molecule has 0 bridgehead atoms. The van der Waals surface area contributed by atoms with Crippen LogP contribution in [0.4, 0.5) is 0 Å². The average molecular weight is 288 g/mol. The molecule has 2 rings (SSSR count). The van der Waals surface area contributed by atoms with Crippen molar-refractivity contribution in [3.63, 3.8) is 0 Å². The maximum atomic E-state index is 9.17. The third kappa shape index (κ3) is 4.32. The van der Waals surface area contributed by atoms with Crippen molar-refractivity contribution >= 4 is 10.9 Å². The highest BCUT2D eigenvalue weighted by molar-refractivity contribution is 5.84. The molecule has 1 aromatic carbocycles. The molecule has 0 saturated heterocycles. The summed E-state index contributed by atoms with van der Waals surface area (Å²) in [5.41, 5.74) is 8.44. The number of aliphatic hydroxyl groups excluding tert-OH is 1. The third-order valence-corrected chi connectivity index (χ3v) is 4.09. The minimum Gasteiger partial charge on any atom is -0.395 e. The average Bonchev–Trinajstić information content (AvgIpc) is 2.85. The van der Waals surface area contributed by atoms with Crippen LogP contribution in [0.25, 0.3) is 10.9 Å². The van der Waals surface area contributed by atoms with E-state index in [0.29, 0.717) is 0 Å². The van der Waals surface area contributed by atoms with Crippen LogP contribution in [0.1, 0.15) is 44.6 Å². The molecule has 0 aliphatic rings. The van der Waals surface area contributed by atoms with E-state index in [1.54, 1.807) is 0 Å². The van der Waals surface area contributed by atoms with E-state index in [0.717, 1.165) is 13.0 Å². The summed E-state index contributed by atoms with van der Waals surface area (Å²) in [5, 5.41) is 10.4. The van der Waals surface area contributed by atoms with Gasteiger partial charge in [0.05, 0.1) is 6.61 Å². The zero-order chi connectivity index (χ0) is 15.1. The van der Waals surface area contributed by atoms with Gasteiger partial charge in [0.15, 0.2) is 0 Å². The summed E-state index contributed by atoms with van der Waals surface area (Å²) >= 11 is 0. The van der Waals surface area contributed by atoms with E-state index >= 15 is 0 Å². The number of aryl methyl sites for hydroxylation is 1. The van der Waals surface area contributed by atoms with Crippen LogP contribution in [0, 0.1) is 0 Å². The molecular formula is C18H28N2O. The van der Waals surface area contributed by atoms with Gasteiger partial charge in [0.1, 0.15) is 0 Å². The van der Waals surface area contributed by atoms with Gasteiger partial charge in [0, 0.05) is 29.7 Å². The SMILES string of the molecule is CCCCCCCn1cc(C[C@H](N)CO)c2ccccc21. The quantitative estimate of drug-likeness (QED) is 0.694. The Morgan fingerprint density at radius 3 is 2.67 bits per heavy atom. The molecule has 2 aromatic rings. The van der Waals surface area contributed by atoms with Gasteiger partial charge in [-0.25, -0.2) is 0 Å². The number of fused-ring (bicyclic) bond motifs is 1. The highest BCUT2D eigenvalue weighted by atomic mass is 16.3. The second kappa shape index (κ2) is 8.20. The summed E-state index contributed by atoms with van der Waals surface area (Å²) < 4.78 is 2.35. The lowest BCUT2D eigenvalue weighted by molar-refractivity contribution is 0.265. The monoisotopic (exact) mass is 288 g/mol. The first-order valence-electron chi connectivity index (χ1n) is 8.19. The van der Waals surface area contributed by atoms with Crippen LogP contribution < -0.4 is 5.73 Å². The highest BCUT2D eigenvalue weighted by Gasteiger charge is 2.10. The molecule has 0 spiro atoms. The van der Waals surface area contributed by atoms with Crippen LogP contribution in [-0.2, 0) is 13.0 Å². The van der Waals surface area contributed by atoms with Crippen molar-refractivity contribution in [3.05, 3.63) is 36.0 Å². The standard InChI is InChI=1S/C18H28N2O/c1-2-3-4-5-8-11-20-13-15(12-16(19)14-21)17-9-6-7-10-18(17)20/h6-7,9-10,13,16,21H,2-5,8,11-12,14,19H2,1H3/t16-/m0/s1. The zero-order valence-corrected chi connectivity index (χ0v) is 13.1. The molecule has 0 aliphatic heterocycles. The molecule has 0 amide bonds. The number of para-hydroxylation sites is 1. The van der Waals surface area contributed by atoms with Crippen molar-refractivity contribution in [2.75, 3.05) is 6.61 Å². The molecule has 0 radical (unpaired) electrons. The predicted octanol–water partition coefficient (Wildman–Crippen LogP) is 3.47. The molecule has 0 aliphatic carbocycles. The Morgan fingerprint density at radius 2 is 1.90 bits per heavy atom. The van der Waals surface area contributed by atoms with Gasteiger partial charge >= 0.3 is 0 Å². The van der Waals surface area contributed by atoms with Crippen molar-refractivity contribution in [1.29, 1.82) is 0 Å². The molecule has 3 heteroatoms. The van der Waals surface area contributed by atoms with Crippen molar-refractivity contribution in [2.24, 2.45) is 5.73 Å². The fraction of sp³-hybridized carbons (Fsp3) is 0.556. The number of benzene rings is 1. The Balaban J connectivity index is 2.08. The van der Waals surface area contributed by atoms with Gasteiger partial charge in [-0.05, 0) is 24.5 Å². The minimum absolute atomic E-state index is 0.0382. The van der Waals surface area contributed by atoms with E-state index < -0.39 is 0 Å². The lowest BCUT2D eigenvalue weighted by Crippen LogP contribution is -2.26. The maximum absolute atomic E-state index is 9.17. The first kappa shape index (κ1) is 16.1. The van der Waals surface area contributed by atoms with Gasteiger partial charge in [-0.3, -0.25) is 0 Å². The Labute approximate surface area is 127 Å². The molecule has 0 fully saturated rings. The van der Waals surface area contributed by atoms with Gasteiger partial charge in [-0.15, -0.1) is 0 Å². The van der Waals surface area contributed by atoms with Gasteiger partial charge in [0.2, 0.25) is 0 Å². The Kier molecular flexibility index (Phi) is 6.27. The summed E-state index contributed by atoms with van der Waals surface area (Å²) in [6.07, 6.45) is 9.44. The van der Waals surface area contributed by atoms with Crippen LogP contribution in [0.15, 0.2) is 30.5 Å². The van der Waals surface area contributed by atoms with Crippen molar-refractivity contribution < 1.29 is 5.11 Å². The number of aliphatic hydroxyl groups is 1. The predicted molar refractivity (Wildman–Crippen MR) is 89.5 cm³/mol. The van der Waals surface area contributed by atoms with Gasteiger partial charge in [0.25, 0.3) is 0 Å². The van der Waals surface area contributed by atoms with E-state index in [1.807, 2.05) is 0 Å². The Bertz CT molecular complexity index is 547. The highest BCUT2D eigenvalue weighted by Crippen LogP contribution is 2.23. The molecule has 1 atom stereocenters. The number of aromatic nitrogens is 1. The number of hydrogen-bond donors (Lipinski definition) is 2. The van der Waals surface area contributed by atoms with Gasteiger partial charge in [-0.2, -0.15) is 0 Å². The summed E-state index contributed by atoms with van der Waals surface area (Å²) in [7, 11) is 0. The van der Waals surface area contributed by atoms with Crippen LogP contribution in [0.5, 0.6) is 0 Å². The third-order valence-electron chi connectivity index (χ3n) is 4.09. The molecular weight excluding hydrogens is 260 g/mol. The zero-order valence-electron chi connectivity index (χ0n) is 13.1. The van der Waals surface area contributed by atoms with Crippen LogP contribution in [0.2, 0.25) is 0 Å². The molecule has 1 aromatic heterocycles. The number of hydrogen-bond acceptors (Lipinski definition) is 2. The van der Waals surface area contributed by atoms with Gasteiger partial charge < -0.3 is 15.4 Å². The fourth-order valence-electron chi connectivity index (χ4n) is 2.90. The largest absolute Gasteiger partial charge is 0.395 e. The molecule has 0 saturated carbocycles. The van der Waals surface area contributed by atoms with Crippen LogP contribution in [0.3, 0.4) is 0 Å². The van der Waals surface area contributed by atoms with Crippen molar-refractivity contribution in [3.8, 4) is 0 Å². The molecule has 3 N–H and O–H groups in total. The number of unbranched alkanes of at least 4 members (excludes halogenated alkanes) is 4. The van der Waals surface area contributed by atoms with Crippen LogP contribution >= 0.6 is 0 Å². The molecule has 116 valence electrons. The number of nitrogens with zero attached hydrogens (tertiary/aromatic N) is 1. The summed E-state index contributed by atoms with van der Waals surface area (Å²) in [6.45, 7) is 3.35.